The Labute approximate surface area is 152 Å². The van der Waals surface area contributed by atoms with Gasteiger partial charge >= 0.3 is 19.8 Å². The molecule has 0 aromatic heterocycles. The fourth-order valence-electron chi connectivity index (χ4n) is 2.61. The van der Waals surface area contributed by atoms with Crippen molar-refractivity contribution in [1.82, 2.24) is 0 Å². The van der Waals surface area contributed by atoms with Gasteiger partial charge in [-0.15, -0.1) is 0 Å². The number of aliphatic hydroxyl groups is 1. The Balaban J connectivity index is 5.27. The van der Waals surface area contributed by atoms with E-state index in [4.69, 9.17) is 15.4 Å². The van der Waals surface area contributed by atoms with E-state index in [1.54, 1.807) is 14.1 Å². The first-order valence-electron chi connectivity index (χ1n) is 8.15. The molecule has 0 aromatic carbocycles. The maximum atomic E-state index is 12.0. The van der Waals surface area contributed by atoms with Gasteiger partial charge in [-0.25, -0.2) is 9.36 Å². The molecule has 0 heterocycles. The van der Waals surface area contributed by atoms with Crippen molar-refractivity contribution in [2.24, 2.45) is 5.73 Å². The van der Waals surface area contributed by atoms with Crippen molar-refractivity contribution in [1.29, 1.82) is 0 Å². The van der Waals surface area contributed by atoms with Crippen LogP contribution in [0.25, 0.3) is 0 Å². The largest absolute Gasteiger partial charge is 0.481 e. The molecular weight excluding hydrogens is 371 g/mol. The van der Waals surface area contributed by atoms with Crippen LogP contribution in [0.5, 0.6) is 0 Å². The fourth-order valence-corrected chi connectivity index (χ4v) is 3.37. The van der Waals surface area contributed by atoms with Gasteiger partial charge in [0.15, 0.2) is 0 Å². The predicted molar refractivity (Wildman–Crippen MR) is 91.3 cm³/mol. The summed E-state index contributed by atoms with van der Waals surface area (Å²) in [6.45, 7) is -0.308. The second-order valence-electron chi connectivity index (χ2n) is 6.42. The van der Waals surface area contributed by atoms with Crippen LogP contribution >= 0.6 is 7.82 Å². The van der Waals surface area contributed by atoms with E-state index in [9.17, 15) is 29.3 Å². The van der Waals surface area contributed by atoms with E-state index in [-0.39, 0.29) is 30.5 Å². The third-order valence-electron chi connectivity index (χ3n) is 4.25. The van der Waals surface area contributed by atoms with Gasteiger partial charge in [0, 0.05) is 19.4 Å². The number of hydrogen-bond donors (Lipinski definition) is 5. The summed E-state index contributed by atoms with van der Waals surface area (Å²) >= 11 is 0. The maximum Gasteiger partial charge on any atom is 0.472 e. The summed E-state index contributed by atoms with van der Waals surface area (Å²) in [5.74, 6) is -2.66. The lowest BCUT2D eigenvalue weighted by Crippen LogP contribution is -2.65. The zero-order chi connectivity index (χ0) is 20.4. The highest BCUT2D eigenvalue weighted by Gasteiger charge is 2.54. The summed E-state index contributed by atoms with van der Waals surface area (Å²) in [5, 5.41) is 27.6. The number of nitrogens with two attached hydrogens (primary N) is 1. The van der Waals surface area contributed by atoms with E-state index in [1.807, 2.05) is 0 Å². The molecule has 11 nitrogen and oxygen atoms in total. The fraction of sp³-hybridized carbons (Fsp3) is 0.857. The monoisotopic (exact) mass is 401 g/mol. The molecule has 2 atom stereocenters. The van der Waals surface area contributed by atoms with Crippen molar-refractivity contribution in [2.75, 3.05) is 47.0 Å². The zero-order valence-electron chi connectivity index (χ0n) is 15.2. The van der Waals surface area contributed by atoms with Crippen LogP contribution in [0.2, 0.25) is 0 Å². The molecule has 6 N–H and O–H groups in total. The summed E-state index contributed by atoms with van der Waals surface area (Å²) < 4.78 is 20.9. The number of carboxylic acids is 2. The SMILES string of the molecule is C[N+](C)(CCCN)C(CCOP(=O)(O)OCCCO)(CC(=O)O)C(=O)O. The normalized spacial score (nSPS) is 16.7. The van der Waals surface area contributed by atoms with Gasteiger partial charge in [0.2, 0.25) is 5.54 Å². The van der Waals surface area contributed by atoms with E-state index < -0.39 is 38.3 Å². The topological polar surface area (TPSA) is 177 Å². The second kappa shape index (κ2) is 10.9. The number of phosphoric ester groups is 1. The highest BCUT2D eigenvalue weighted by molar-refractivity contribution is 7.47. The molecule has 154 valence electrons. The van der Waals surface area contributed by atoms with Gasteiger partial charge in [-0.2, -0.15) is 0 Å². The van der Waals surface area contributed by atoms with Gasteiger partial charge in [-0.05, 0) is 13.0 Å². The lowest BCUT2D eigenvalue weighted by Gasteiger charge is -2.45. The quantitative estimate of drug-likeness (QED) is 0.138. The van der Waals surface area contributed by atoms with E-state index in [2.05, 4.69) is 4.52 Å². The third kappa shape index (κ3) is 7.67. The Hall–Kier alpha value is -1.07. The van der Waals surface area contributed by atoms with Crippen LogP contribution in [-0.4, -0.2) is 89.2 Å². The molecule has 0 aliphatic heterocycles. The van der Waals surface area contributed by atoms with Crippen LogP contribution in [0.3, 0.4) is 0 Å². The zero-order valence-corrected chi connectivity index (χ0v) is 16.1. The molecule has 26 heavy (non-hydrogen) atoms. The average molecular weight is 401 g/mol. The summed E-state index contributed by atoms with van der Waals surface area (Å²) in [5.41, 5.74) is 3.70. The van der Waals surface area contributed by atoms with Crippen LogP contribution in [-0.2, 0) is 23.2 Å². The van der Waals surface area contributed by atoms with Crippen LogP contribution in [0.15, 0.2) is 0 Å². The number of carboxylic acid groups (broad SMARTS) is 2. The second-order valence-corrected chi connectivity index (χ2v) is 7.87. The smallest absolute Gasteiger partial charge is 0.472 e. The highest BCUT2D eigenvalue weighted by atomic mass is 31.2. The van der Waals surface area contributed by atoms with Crippen LogP contribution in [0.1, 0.15) is 25.7 Å². The number of quaternary nitrogens is 1. The van der Waals surface area contributed by atoms with Crippen molar-refractivity contribution >= 4 is 19.8 Å². The molecule has 0 spiro atoms. The van der Waals surface area contributed by atoms with Crippen LogP contribution in [0, 0.1) is 0 Å². The molecule has 0 radical (unpaired) electrons. The number of phosphoric acid groups is 1. The molecule has 0 amide bonds. The highest BCUT2D eigenvalue weighted by Crippen LogP contribution is 2.44. The predicted octanol–water partition coefficient (Wildman–Crippen LogP) is -0.384. The molecular formula is C14H30N2O9P+. The number of aliphatic carboxylic acids is 2. The van der Waals surface area contributed by atoms with Gasteiger partial charge in [0.1, 0.15) is 6.42 Å². The number of hydrogen-bond acceptors (Lipinski definition) is 7. The van der Waals surface area contributed by atoms with Crippen LogP contribution in [0.4, 0.5) is 0 Å². The maximum absolute atomic E-state index is 12.0. The molecule has 0 fully saturated rings. The Morgan fingerprint density at radius 3 is 2.19 bits per heavy atom. The Kier molecular flexibility index (Phi) is 10.5. The molecule has 0 saturated carbocycles. The lowest BCUT2D eigenvalue weighted by atomic mass is 9.87. The van der Waals surface area contributed by atoms with Gasteiger partial charge < -0.3 is 30.4 Å². The van der Waals surface area contributed by atoms with Gasteiger partial charge in [0.25, 0.3) is 0 Å². The first-order chi connectivity index (χ1) is 11.9. The minimum absolute atomic E-state index is 0.134. The molecule has 0 aliphatic carbocycles. The first kappa shape index (κ1) is 24.9. The molecule has 2 unspecified atom stereocenters. The molecule has 0 rings (SSSR count). The third-order valence-corrected chi connectivity index (χ3v) is 5.27. The summed E-state index contributed by atoms with van der Waals surface area (Å²) in [6, 6.07) is 0. The molecule has 12 heteroatoms. The Morgan fingerprint density at radius 1 is 1.15 bits per heavy atom. The standard InChI is InChI=1S/C14H29N2O9P/c1-16(2,7-3-6-15)14(13(20)21,11-12(18)19)5-10-25-26(22,23)24-9-4-8-17/h17H,3-11,15H2,1-2H3,(H2-,18,19,20,21,22,23)/p+1. The van der Waals surface area contributed by atoms with Crippen LogP contribution < -0.4 is 5.73 Å². The number of carbonyl (C=O) groups is 2. The van der Waals surface area contributed by atoms with Crippen molar-refractivity contribution < 1.29 is 47.9 Å². The Bertz CT molecular complexity index is 515. The Morgan fingerprint density at radius 2 is 1.73 bits per heavy atom. The number of aliphatic hydroxyl groups excluding tert-OH is 1. The van der Waals surface area contributed by atoms with Gasteiger partial charge in [-0.3, -0.25) is 13.8 Å². The molecule has 0 saturated heterocycles. The molecule has 0 aromatic rings. The van der Waals surface area contributed by atoms with Gasteiger partial charge in [-0.1, -0.05) is 0 Å². The first-order valence-corrected chi connectivity index (χ1v) is 9.65. The lowest BCUT2D eigenvalue weighted by molar-refractivity contribution is -0.932. The minimum Gasteiger partial charge on any atom is -0.481 e. The van der Waals surface area contributed by atoms with Gasteiger partial charge in [0.05, 0.1) is 33.9 Å². The minimum atomic E-state index is -4.42. The van der Waals surface area contributed by atoms with Crippen molar-refractivity contribution in [2.45, 2.75) is 31.2 Å². The van der Waals surface area contributed by atoms with Crippen molar-refractivity contribution in [3.8, 4) is 0 Å². The van der Waals surface area contributed by atoms with E-state index in [0.717, 1.165) is 0 Å². The summed E-state index contributed by atoms with van der Waals surface area (Å²) in [4.78, 5) is 32.8. The van der Waals surface area contributed by atoms with E-state index >= 15 is 0 Å². The number of nitrogens with zero attached hydrogens (tertiary/aromatic N) is 1. The molecule has 0 bridgehead atoms. The average Bonchev–Trinajstić information content (AvgIpc) is 2.51. The number of likely N-dealkylation sites (N-methyl/N-ethyl adjacent to an activating group) is 1. The van der Waals surface area contributed by atoms with E-state index in [1.165, 1.54) is 0 Å². The molecule has 0 aliphatic rings. The van der Waals surface area contributed by atoms with Crippen molar-refractivity contribution in [3.63, 3.8) is 0 Å². The summed E-state index contributed by atoms with van der Waals surface area (Å²) in [7, 11) is -1.28. The van der Waals surface area contributed by atoms with E-state index in [0.29, 0.717) is 19.5 Å². The number of rotatable bonds is 15. The summed E-state index contributed by atoms with van der Waals surface area (Å²) in [6.07, 6.45) is -0.398. The van der Waals surface area contributed by atoms with Crippen molar-refractivity contribution in [3.05, 3.63) is 0 Å².